The van der Waals surface area contributed by atoms with Crippen LogP contribution in [0.1, 0.15) is 38.2 Å². The first-order valence-corrected chi connectivity index (χ1v) is 9.67. The van der Waals surface area contributed by atoms with Crippen molar-refractivity contribution in [3.8, 4) is 5.75 Å². The molecule has 150 valence electrons. The van der Waals surface area contributed by atoms with E-state index >= 15 is 0 Å². The Balaban J connectivity index is 1.96. The molecule has 1 saturated heterocycles. The fourth-order valence-corrected chi connectivity index (χ4v) is 2.95. The fraction of sp³-hybridized carbons (Fsp3) is 0.368. The fourth-order valence-electron chi connectivity index (χ4n) is 2.21. The molecule has 28 heavy (non-hydrogen) atoms. The van der Waals surface area contributed by atoms with Crippen molar-refractivity contribution in [1.29, 1.82) is 0 Å². The molecule has 2 rings (SSSR count). The number of hydrogen-bond donors (Lipinski definition) is 1. The largest absolute Gasteiger partial charge is 0.490 e. The minimum atomic E-state index is -0.629. The second-order valence-corrected chi connectivity index (χ2v) is 6.87. The van der Waals surface area contributed by atoms with Gasteiger partial charge in [0.25, 0.3) is 5.91 Å². The van der Waals surface area contributed by atoms with Crippen molar-refractivity contribution in [2.75, 3.05) is 13.7 Å². The van der Waals surface area contributed by atoms with E-state index in [4.69, 9.17) is 4.74 Å². The number of unbranched alkanes of at least 4 members (excludes halogenated alkanes) is 3. The maximum Gasteiger partial charge on any atom is 0.331 e. The van der Waals surface area contributed by atoms with E-state index in [0.717, 1.165) is 43.5 Å². The molecule has 1 aromatic rings. The Hall–Kier alpha value is -2.68. The van der Waals surface area contributed by atoms with Crippen LogP contribution in [0.2, 0.25) is 0 Å². The van der Waals surface area contributed by atoms with Gasteiger partial charge in [0.1, 0.15) is 0 Å². The summed E-state index contributed by atoms with van der Waals surface area (Å²) in [6, 6.07) is 4.40. The summed E-state index contributed by atoms with van der Waals surface area (Å²) < 4.78 is 23.8. The average molecular weight is 407 g/mol. The maximum atomic E-state index is 13.8. The van der Waals surface area contributed by atoms with Crippen LogP contribution in [0.25, 0.3) is 0 Å². The standard InChI is InChI=1S/C19H22FN3O4S/c1-3-4-5-6-9-27-15-10-13(7-8-14(15)20)12-21-23-19-22-18(25)16(28-19)11-17(24)26-2/h7-8,10-12H,3-6,9H2,1-2H3,(H,22,23,25)/b16-11+,21-12?. The van der Waals surface area contributed by atoms with Gasteiger partial charge in [0.15, 0.2) is 16.7 Å². The minimum absolute atomic E-state index is 0.167. The molecular formula is C19H22FN3O4S. The number of amides is 1. The highest BCUT2D eigenvalue weighted by Crippen LogP contribution is 2.23. The first-order chi connectivity index (χ1) is 13.5. The molecule has 1 aromatic carbocycles. The van der Waals surface area contributed by atoms with Crippen molar-refractivity contribution in [3.63, 3.8) is 0 Å². The summed E-state index contributed by atoms with van der Waals surface area (Å²) in [5.41, 5.74) is 0.606. The van der Waals surface area contributed by atoms with Gasteiger partial charge >= 0.3 is 5.97 Å². The molecule has 1 fully saturated rings. The van der Waals surface area contributed by atoms with Crippen molar-refractivity contribution >= 4 is 35.0 Å². The Bertz CT molecular complexity index is 808. The molecule has 0 radical (unpaired) electrons. The third kappa shape index (κ3) is 6.80. The molecule has 0 spiro atoms. The third-order valence-electron chi connectivity index (χ3n) is 3.67. The molecule has 1 aliphatic heterocycles. The van der Waals surface area contributed by atoms with E-state index in [0.29, 0.717) is 12.2 Å². The van der Waals surface area contributed by atoms with Crippen LogP contribution in [0.5, 0.6) is 5.75 Å². The molecule has 1 aliphatic rings. The van der Waals surface area contributed by atoms with Gasteiger partial charge in [-0.3, -0.25) is 10.1 Å². The van der Waals surface area contributed by atoms with Gasteiger partial charge in [-0.25, -0.2) is 9.18 Å². The summed E-state index contributed by atoms with van der Waals surface area (Å²) in [6.07, 6.45) is 6.68. The predicted octanol–water partition coefficient (Wildman–Crippen LogP) is 3.39. The normalized spacial score (nSPS) is 16.8. The lowest BCUT2D eigenvalue weighted by atomic mass is 10.2. The number of carbonyl (C=O) groups excluding carboxylic acids is 2. The lowest BCUT2D eigenvalue weighted by molar-refractivity contribution is -0.135. The zero-order valence-corrected chi connectivity index (χ0v) is 16.6. The van der Waals surface area contributed by atoms with E-state index in [2.05, 4.69) is 27.2 Å². The van der Waals surface area contributed by atoms with Crippen LogP contribution in [-0.2, 0) is 14.3 Å². The molecule has 1 heterocycles. The van der Waals surface area contributed by atoms with Crippen molar-refractivity contribution < 1.29 is 23.5 Å². The zero-order valence-electron chi connectivity index (χ0n) is 15.7. The SMILES string of the molecule is CCCCCCOc1cc(C=N/N=C2/NC(=O)/C(=C\C(=O)OC)S2)ccc1F. The van der Waals surface area contributed by atoms with Crippen LogP contribution in [0.15, 0.2) is 39.4 Å². The average Bonchev–Trinajstić information content (AvgIpc) is 3.02. The summed E-state index contributed by atoms with van der Waals surface area (Å²) in [4.78, 5) is 23.1. The topological polar surface area (TPSA) is 89.4 Å². The summed E-state index contributed by atoms with van der Waals surface area (Å²) in [6.45, 7) is 2.58. The number of thioether (sulfide) groups is 1. The van der Waals surface area contributed by atoms with Crippen LogP contribution in [0, 0.1) is 5.82 Å². The van der Waals surface area contributed by atoms with Gasteiger partial charge in [0.05, 0.1) is 24.8 Å². The second kappa shape index (κ2) is 11.2. The molecule has 0 saturated carbocycles. The number of methoxy groups -OCH3 is 1. The summed E-state index contributed by atoms with van der Waals surface area (Å²) in [5, 5.41) is 10.5. The number of benzene rings is 1. The Morgan fingerprint density at radius 2 is 2.14 bits per heavy atom. The van der Waals surface area contributed by atoms with Gasteiger partial charge in [-0.2, -0.15) is 5.10 Å². The number of nitrogens with zero attached hydrogens (tertiary/aromatic N) is 2. The first kappa shape index (κ1) is 21.6. The predicted molar refractivity (Wildman–Crippen MR) is 107 cm³/mol. The molecule has 0 bridgehead atoms. The molecule has 1 amide bonds. The van der Waals surface area contributed by atoms with E-state index in [9.17, 15) is 14.0 Å². The molecule has 7 nitrogen and oxygen atoms in total. The summed E-state index contributed by atoms with van der Waals surface area (Å²) in [5.74, 6) is -1.35. The smallest absolute Gasteiger partial charge is 0.331 e. The number of amidine groups is 1. The number of rotatable bonds is 9. The van der Waals surface area contributed by atoms with Gasteiger partial charge < -0.3 is 9.47 Å². The Morgan fingerprint density at radius 3 is 2.89 bits per heavy atom. The van der Waals surface area contributed by atoms with Gasteiger partial charge in [-0.05, 0) is 35.9 Å². The number of esters is 1. The zero-order chi connectivity index (χ0) is 20.4. The van der Waals surface area contributed by atoms with E-state index in [-0.39, 0.29) is 15.8 Å². The van der Waals surface area contributed by atoms with Crippen molar-refractivity contribution in [2.45, 2.75) is 32.6 Å². The quantitative estimate of drug-likeness (QED) is 0.223. The maximum absolute atomic E-state index is 13.8. The highest BCUT2D eigenvalue weighted by Gasteiger charge is 2.24. The Labute approximate surface area is 167 Å². The van der Waals surface area contributed by atoms with Crippen LogP contribution >= 0.6 is 11.8 Å². The molecular weight excluding hydrogens is 385 g/mol. The Kier molecular flexibility index (Phi) is 8.67. The van der Waals surface area contributed by atoms with Gasteiger partial charge in [-0.1, -0.05) is 32.3 Å². The molecule has 0 aliphatic carbocycles. The van der Waals surface area contributed by atoms with Crippen LogP contribution in [0.4, 0.5) is 4.39 Å². The van der Waals surface area contributed by atoms with E-state index < -0.39 is 17.7 Å². The van der Waals surface area contributed by atoms with Crippen LogP contribution in [0.3, 0.4) is 0 Å². The van der Waals surface area contributed by atoms with Crippen molar-refractivity contribution in [1.82, 2.24) is 5.32 Å². The molecule has 1 N–H and O–H groups in total. The van der Waals surface area contributed by atoms with Gasteiger partial charge in [-0.15, -0.1) is 5.10 Å². The lowest BCUT2D eigenvalue weighted by Gasteiger charge is -2.07. The van der Waals surface area contributed by atoms with Gasteiger partial charge in [0.2, 0.25) is 0 Å². The first-order valence-electron chi connectivity index (χ1n) is 8.85. The molecule has 0 aromatic heterocycles. The van der Waals surface area contributed by atoms with Crippen molar-refractivity contribution in [2.24, 2.45) is 10.2 Å². The number of ether oxygens (including phenoxy) is 2. The number of carbonyl (C=O) groups is 2. The highest BCUT2D eigenvalue weighted by molar-refractivity contribution is 8.18. The monoisotopic (exact) mass is 407 g/mol. The highest BCUT2D eigenvalue weighted by atomic mass is 32.2. The number of hydrogen-bond acceptors (Lipinski definition) is 7. The lowest BCUT2D eigenvalue weighted by Crippen LogP contribution is -2.19. The van der Waals surface area contributed by atoms with E-state index in [1.165, 1.54) is 19.4 Å². The molecule has 0 atom stereocenters. The number of nitrogens with one attached hydrogen (secondary N) is 1. The van der Waals surface area contributed by atoms with Crippen LogP contribution in [-0.4, -0.2) is 37.0 Å². The van der Waals surface area contributed by atoms with E-state index in [1.807, 2.05) is 0 Å². The van der Waals surface area contributed by atoms with Crippen LogP contribution < -0.4 is 10.1 Å². The minimum Gasteiger partial charge on any atom is -0.490 e. The summed E-state index contributed by atoms with van der Waals surface area (Å²) in [7, 11) is 1.22. The van der Waals surface area contributed by atoms with E-state index in [1.54, 1.807) is 12.1 Å². The molecule has 9 heteroatoms. The van der Waals surface area contributed by atoms with Gasteiger partial charge in [0, 0.05) is 6.08 Å². The third-order valence-corrected chi connectivity index (χ3v) is 4.57. The second-order valence-electron chi connectivity index (χ2n) is 5.84. The summed E-state index contributed by atoms with van der Waals surface area (Å²) >= 11 is 0.972. The Morgan fingerprint density at radius 1 is 1.32 bits per heavy atom. The molecule has 0 unspecified atom stereocenters. The van der Waals surface area contributed by atoms with Crippen molar-refractivity contribution in [3.05, 3.63) is 40.6 Å². The number of halogens is 1.